The third kappa shape index (κ3) is 9.96. The molecule has 0 saturated carbocycles. The number of pyridine rings is 1. The Morgan fingerprint density at radius 1 is 1.18 bits per heavy atom. The van der Waals surface area contributed by atoms with E-state index in [1.165, 1.54) is 11.7 Å². The summed E-state index contributed by atoms with van der Waals surface area (Å²) in [6, 6.07) is 10.0. The van der Waals surface area contributed by atoms with E-state index in [0.717, 1.165) is 40.8 Å². The van der Waals surface area contributed by atoms with Crippen molar-refractivity contribution in [1.82, 2.24) is 10.3 Å². The standard InChI is InChI=1S/C28H37BN4OP.C3H8/c1-7-24-25(13-12-18(3)4)35-26(17-30-24)32-20(6)21-10-9-11-23(15-21)33-28(34)22-14-19(5)27(29-8-2)31-16-22;1-3-2/h7,9-11,13-18,20,26,32,35H,8,12H2,1-6H3,(H,33,34);3H2,1-2H3/b24-7+,25-13-;. The molecule has 1 aliphatic rings. The van der Waals surface area contributed by atoms with Gasteiger partial charge in [-0.25, -0.2) is 0 Å². The summed E-state index contributed by atoms with van der Waals surface area (Å²) < 4.78 is 0. The zero-order valence-corrected chi connectivity index (χ0v) is 25.4. The summed E-state index contributed by atoms with van der Waals surface area (Å²) in [5, 5.41) is 8.06. The van der Waals surface area contributed by atoms with Gasteiger partial charge in [-0.1, -0.05) is 80.2 Å². The number of anilines is 1. The van der Waals surface area contributed by atoms with Crippen LogP contribution in [0.5, 0.6) is 0 Å². The molecule has 2 N–H and O–H groups in total. The van der Waals surface area contributed by atoms with E-state index in [4.69, 9.17) is 4.99 Å². The third-order valence-corrected chi connectivity index (χ3v) is 7.27. The molecule has 0 bridgehead atoms. The fraction of sp³-hybridized carbons (Fsp3) is 0.452. The SMILES string of the molecule is C/C=C1/N=CC(NC(C)c2cccc(NC(=O)c3cnc([B]CC)c(C)c3)c2)P/C1=C\CC(C)C.CCC. The molecule has 3 atom stereocenters. The van der Waals surface area contributed by atoms with Gasteiger partial charge < -0.3 is 5.32 Å². The second kappa shape index (κ2) is 16.4. The minimum Gasteiger partial charge on any atom is -0.322 e. The zero-order valence-electron chi connectivity index (χ0n) is 24.4. The Balaban J connectivity index is 0.00000161. The van der Waals surface area contributed by atoms with Crippen molar-refractivity contribution in [2.45, 2.75) is 86.4 Å². The van der Waals surface area contributed by atoms with Gasteiger partial charge in [0.05, 0.1) is 17.0 Å². The van der Waals surface area contributed by atoms with E-state index in [-0.39, 0.29) is 17.7 Å². The summed E-state index contributed by atoms with van der Waals surface area (Å²) in [4.78, 5) is 22.0. The number of hydrogen-bond donors (Lipinski definition) is 2. The summed E-state index contributed by atoms with van der Waals surface area (Å²) in [7, 11) is 2.70. The molecule has 1 aliphatic heterocycles. The Morgan fingerprint density at radius 3 is 2.55 bits per heavy atom. The lowest BCUT2D eigenvalue weighted by Crippen LogP contribution is -2.30. The van der Waals surface area contributed by atoms with Crippen LogP contribution in [0.25, 0.3) is 0 Å². The average molecular weight is 532 g/mol. The Bertz CT molecular complexity index is 1140. The highest BCUT2D eigenvalue weighted by Crippen LogP contribution is 2.39. The number of carbonyl (C=O) groups is 1. The molecule has 5 nitrogen and oxygen atoms in total. The Morgan fingerprint density at radius 2 is 1.92 bits per heavy atom. The number of nitrogens with zero attached hydrogens (tertiary/aromatic N) is 2. The lowest BCUT2D eigenvalue weighted by molar-refractivity contribution is 0.102. The van der Waals surface area contributed by atoms with Gasteiger partial charge in [-0.3, -0.25) is 20.1 Å². The van der Waals surface area contributed by atoms with Crippen molar-refractivity contribution in [2.24, 2.45) is 10.9 Å². The molecule has 1 aromatic carbocycles. The van der Waals surface area contributed by atoms with Gasteiger partial charge in [-0.15, -0.1) is 0 Å². The summed E-state index contributed by atoms with van der Waals surface area (Å²) in [6.45, 7) is 17.0. The highest BCUT2D eigenvalue weighted by molar-refractivity contribution is 7.45. The largest absolute Gasteiger partial charge is 0.322 e. The topological polar surface area (TPSA) is 66.4 Å². The molecule has 0 aliphatic carbocycles. The maximum atomic E-state index is 12.8. The van der Waals surface area contributed by atoms with Gasteiger partial charge in [0, 0.05) is 24.1 Å². The molecule has 0 saturated heterocycles. The van der Waals surface area contributed by atoms with E-state index < -0.39 is 0 Å². The summed E-state index contributed by atoms with van der Waals surface area (Å²) in [5.41, 5.74) is 5.48. The minimum absolute atomic E-state index is 0.113. The number of aromatic nitrogens is 1. The van der Waals surface area contributed by atoms with Gasteiger partial charge in [-0.05, 0) is 73.3 Å². The van der Waals surface area contributed by atoms with Crippen molar-refractivity contribution >= 4 is 39.3 Å². The Labute approximate surface area is 233 Å². The van der Waals surface area contributed by atoms with E-state index in [1.807, 2.05) is 44.3 Å². The molecule has 2 aromatic rings. The fourth-order valence-electron chi connectivity index (χ4n) is 3.91. The van der Waals surface area contributed by atoms with Gasteiger partial charge in [-0.2, -0.15) is 0 Å². The van der Waals surface area contributed by atoms with Gasteiger partial charge >= 0.3 is 0 Å². The Hall–Kier alpha value is -2.56. The van der Waals surface area contributed by atoms with Crippen LogP contribution in [0.1, 0.15) is 88.8 Å². The number of nitrogens with one attached hydrogen (secondary N) is 2. The average Bonchev–Trinajstić information content (AvgIpc) is 2.89. The lowest BCUT2D eigenvalue weighted by atomic mass is 9.69. The van der Waals surface area contributed by atoms with Crippen molar-refractivity contribution in [1.29, 1.82) is 0 Å². The van der Waals surface area contributed by atoms with Crippen LogP contribution in [-0.4, -0.2) is 30.2 Å². The van der Waals surface area contributed by atoms with Crippen molar-refractivity contribution < 1.29 is 4.79 Å². The zero-order chi connectivity index (χ0) is 28.1. The van der Waals surface area contributed by atoms with Crippen LogP contribution < -0.4 is 16.2 Å². The molecule has 38 heavy (non-hydrogen) atoms. The summed E-state index contributed by atoms with van der Waals surface area (Å²) >= 11 is 0. The van der Waals surface area contributed by atoms with E-state index >= 15 is 0 Å². The normalized spacial score (nSPS) is 18.4. The molecule has 1 amide bonds. The number of aryl methyl sites for hydroxylation is 1. The van der Waals surface area contributed by atoms with Crippen LogP contribution in [0.3, 0.4) is 0 Å². The number of aliphatic imine (C=N–C) groups is 1. The van der Waals surface area contributed by atoms with E-state index in [9.17, 15) is 4.79 Å². The highest BCUT2D eigenvalue weighted by Gasteiger charge is 2.19. The van der Waals surface area contributed by atoms with Gasteiger partial charge in [0.25, 0.3) is 5.91 Å². The molecular formula is C31H45BN4OP. The van der Waals surface area contributed by atoms with Gasteiger partial charge in [0.1, 0.15) is 0 Å². The molecule has 0 spiro atoms. The Kier molecular flexibility index (Phi) is 13.7. The third-order valence-electron chi connectivity index (χ3n) is 5.87. The second-order valence-corrected chi connectivity index (χ2v) is 11.5. The van der Waals surface area contributed by atoms with E-state index in [2.05, 4.69) is 82.7 Å². The number of allylic oxidation sites excluding steroid dienone is 3. The molecule has 2 heterocycles. The van der Waals surface area contributed by atoms with Crippen molar-refractivity contribution in [3.05, 3.63) is 76.4 Å². The second-order valence-electron chi connectivity index (χ2n) is 10.0. The molecule has 203 valence electrons. The first-order valence-electron chi connectivity index (χ1n) is 13.9. The number of hydrogen-bond acceptors (Lipinski definition) is 4. The van der Waals surface area contributed by atoms with Crippen LogP contribution in [0.4, 0.5) is 5.69 Å². The fourth-order valence-corrected chi connectivity index (χ4v) is 5.32. The van der Waals surface area contributed by atoms with Crippen LogP contribution in [-0.2, 0) is 0 Å². The maximum Gasteiger partial charge on any atom is 0.257 e. The lowest BCUT2D eigenvalue weighted by Gasteiger charge is -2.26. The van der Waals surface area contributed by atoms with Gasteiger partial charge in [0.15, 0.2) is 7.28 Å². The van der Waals surface area contributed by atoms with Gasteiger partial charge in [0.2, 0.25) is 0 Å². The smallest absolute Gasteiger partial charge is 0.257 e. The monoisotopic (exact) mass is 531 g/mol. The number of benzene rings is 1. The summed E-state index contributed by atoms with van der Waals surface area (Å²) in [5.74, 6) is 0.672. The van der Waals surface area contributed by atoms with Crippen LogP contribution in [0.2, 0.25) is 6.32 Å². The highest BCUT2D eigenvalue weighted by atomic mass is 31.1. The number of carbonyl (C=O) groups excluding carboxylic acids is 1. The number of rotatable bonds is 9. The van der Waals surface area contributed by atoms with Crippen molar-refractivity contribution in [3.63, 3.8) is 0 Å². The molecule has 3 rings (SSSR count). The molecule has 1 aromatic heterocycles. The van der Waals surface area contributed by atoms with E-state index in [1.54, 1.807) is 6.20 Å². The summed E-state index contributed by atoms with van der Waals surface area (Å²) in [6.07, 6.45) is 11.3. The van der Waals surface area contributed by atoms with E-state index in [0.29, 0.717) is 20.1 Å². The number of amides is 1. The first kappa shape index (κ1) is 31.7. The maximum absolute atomic E-state index is 12.8. The predicted molar refractivity (Wildman–Crippen MR) is 169 cm³/mol. The van der Waals surface area contributed by atoms with Crippen molar-refractivity contribution in [3.8, 4) is 0 Å². The van der Waals surface area contributed by atoms with Crippen LogP contribution >= 0.6 is 8.58 Å². The minimum atomic E-state index is -0.152. The van der Waals surface area contributed by atoms with Crippen LogP contribution in [0, 0.1) is 12.8 Å². The molecule has 1 radical (unpaired) electrons. The molecular weight excluding hydrogens is 486 g/mol. The first-order valence-corrected chi connectivity index (χ1v) is 14.9. The molecule has 0 fully saturated rings. The molecule has 7 heteroatoms. The molecule has 3 unspecified atom stereocenters. The van der Waals surface area contributed by atoms with Crippen molar-refractivity contribution in [2.75, 3.05) is 5.32 Å². The predicted octanol–water partition coefficient (Wildman–Crippen LogP) is 7.40. The van der Waals surface area contributed by atoms with Crippen LogP contribution in [0.15, 0.2) is 64.7 Å². The quantitative estimate of drug-likeness (QED) is 0.262. The first-order chi connectivity index (χ1) is 18.2.